The molecule has 1 unspecified atom stereocenters. The van der Waals surface area contributed by atoms with Crippen LogP contribution in [0.5, 0.6) is 11.5 Å². The van der Waals surface area contributed by atoms with Crippen LogP contribution in [0, 0.1) is 0 Å². The maximum atomic E-state index is 9.95. The average molecular weight is 327 g/mol. The second-order valence-corrected chi connectivity index (χ2v) is 7.34. The molecule has 5 nitrogen and oxygen atoms in total. The van der Waals surface area contributed by atoms with Crippen molar-refractivity contribution >= 4 is 16.6 Å². The van der Waals surface area contributed by atoms with Crippen molar-refractivity contribution in [1.29, 1.82) is 0 Å². The van der Waals surface area contributed by atoms with Gasteiger partial charge in [-0.1, -0.05) is 0 Å². The van der Waals surface area contributed by atoms with Gasteiger partial charge in [0.2, 0.25) is 0 Å². The van der Waals surface area contributed by atoms with Gasteiger partial charge in [-0.3, -0.25) is 9.88 Å². The number of benzene rings is 1. The number of nitrogens with zero attached hydrogens (tertiary/aromatic N) is 2. The van der Waals surface area contributed by atoms with Crippen molar-refractivity contribution in [3.63, 3.8) is 0 Å². The first kappa shape index (κ1) is 15.5. The fraction of sp³-hybridized carbons (Fsp3) is 0.526. The molecule has 1 saturated heterocycles. The molecule has 4 rings (SSSR count). The van der Waals surface area contributed by atoms with Crippen molar-refractivity contribution in [1.82, 2.24) is 9.88 Å². The summed E-state index contributed by atoms with van der Waals surface area (Å²) in [7, 11) is 0. The van der Waals surface area contributed by atoms with Gasteiger partial charge >= 0.3 is 0 Å². The molecular weight excluding hydrogens is 302 g/mol. The maximum Gasteiger partial charge on any atom is 0.159 e. The summed E-state index contributed by atoms with van der Waals surface area (Å²) in [5, 5.41) is 24.4. The number of pyridine rings is 1. The third-order valence-corrected chi connectivity index (χ3v) is 5.41. The van der Waals surface area contributed by atoms with Crippen LogP contribution in [0.15, 0.2) is 12.1 Å². The van der Waals surface area contributed by atoms with E-state index in [1.807, 2.05) is 0 Å². The van der Waals surface area contributed by atoms with E-state index in [2.05, 4.69) is 24.1 Å². The van der Waals surface area contributed by atoms with E-state index >= 15 is 0 Å². The molecule has 1 aromatic heterocycles. The zero-order valence-electron chi connectivity index (χ0n) is 14.3. The molecule has 5 heteroatoms. The molecule has 0 saturated carbocycles. The van der Waals surface area contributed by atoms with Crippen LogP contribution in [0.2, 0.25) is 0 Å². The average Bonchev–Trinajstić information content (AvgIpc) is 3.18. The zero-order valence-corrected chi connectivity index (χ0v) is 14.3. The number of phenolic OH excluding ortho intramolecular Hbond substituents is 2. The summed E-state index contributed by atoms with van der Waals surface area (Å²) in [5.41, 5.74) is 4.29. The number of anilines is 1. The minimum absolute atomic E-state index is 0.0828. The number of aryl methyl sites for hydroxylation is 1. The van der Waals surface area contributed by atoms with Gasteiger partial charge in [0, 0.05) is 48.0 Å². The molecule has 0 radical (unpaired) electrons. The SMILES string of the molecule is CC(C)N1CCC(Nc2c3c(nc4cc(O)c(O)cc24)CCC3)C1. The molecule has 24 heavy (non-hydrogen) atoms. The van der Waals surface area contributed by atoms with Gasteiger partial charge in [-0.05, 0) is 51.2 Å². The van der Waals surface area contributed by atoms with E-state index in [1.165, 1.54) is 5.56 Å². The number of phenols is 2. The van der Waals surface area contributed by atoms with Gasteiger partial charge in [0.15, 0.2) is 11.5 Å². The molecular formula is C19H25N3O2. The number of hydrogen-bond donors (Lipinski definition) is 3. The van der Waals surface area contributed by atoms with Crippen LogP contribution in [0.1, 0.15) is 37.9 Å². The van der Waals surface area contributed by atoms with E-state index in [4.69, 9.17) is 4.98 Å². The van der Waals surface area contributed by atoms with Gasteiger partial charge < -0.3 is 15.5 Å². The lowest BCUT2D eigenvalue weighted by Gasteiger charge is -2.22. The van der Waals surface area contributed by atoms with Crippen molar-refractivity contribution in [2.75, 3.05) is 18.4 Å². The number of aromatic hydroxyl groups is 2. The van der Waals surface area contributed by atoms with Crippen LogP contribution in [-0.2, 0) is 12.8 Å². The summed E-state index contributed by atoms with van der Waals surface area (Å²) < 4.78 is 0. The Morgan fingerprint density at radius 3 is 2.75 bits per heavy atom. The molecule has 1 aliphatic heterocycles. The van der Waals surface area contributed by atoms with Crippen LogP contribution in [0.3, 0.4) is 0 Å². The Balaban J connectivity index is 1.75. The summed E-state index contributed by atoms with van der Waals surface area (Å²) in [5.74, 6) is -0.189. The minimum Gasteiger partial charge on any atom is -0.504 e. The highest BCUT2D eigenvalue weighted by atomic mass is 16.3. The monoisotopic (exact) mass is 327 g/mol. The Labute approximate surface area is 142 Å². The van der Waals surface area contributed by atoms with Gasteiger partial charge in [-0.15, -0.1) is 0 Å². The lowest BCUT2D eigenvalue weighted by Crippen LogP contribution is -2.31. The van der Waals surface area contributed by atoms with Crippen molar-refractivity contribution < 1.29 is 10.2 Å². The zero-order chi connectivity index (χ0) is 16.8. The van der Waals surface area contributed by atoms with Gasteiger partial charge in [0.05, 0.1) is 5.52 Å². The largest absolute Gasteiger partial charge is 0.504 e. The highest BCUT2D eigenvalue weighted by Crippen LogP contribution is 2.39. The first-order valence-corrected chi connectivity index (χ1v) is 8.91. The number of aromatic nitrogens is 1. The molecule has 1 atom stereocenters. The lowest BCUT2D eigenvalue weighted by atomic mass is 10.0. The number of nitrogens with one attached hydrogen (secondary N) is 1. The third-order valence-electron chi connectivity index (χ3n) is 5.41. The van der Waals surface area contributed by atoms with Gasteiger partial charge in [0.1, 0.15) is 0 Å². The predicted octanol–water partition coefficient (Wildman–Crippen LogP) is 3.03. The van der Waals surface area contributed by atoms with E-state index in [0.717, 1.165) is 61.1 Å². The van der Waals surface area contributed by atoms with Gasteiger partial charge in [-0.2, -0.15) is 0 Å². The second-order valence-electron chi connectivity index (χ2n) is 7.34. The molecule has 0 amide bonds. The minimum atomic E-state index is -0.106. The lowest BCUT2D eigenvalue weighted by molar-refractivity contribution is 0.274. The number of hydrogen-bond acceptors (Lipinski definition) is 5. The summed E-state index contributed by atoms with van der Waals surface area (Å²) >= 11 is 0. The fourth-order valence-corrected chi connectivity index (χ4v) is 4.03. The van der Waals surface area contributed by atoms with Crippen molar-refractivity contribution in [2.45, 2.75) is 51.6 Å². The fourth-order valence-electron chi connectivity index (χ4n) is 4.03. The van der Waals surface area contributed by atoms with Crippen LogP contribution >= 0.6 is 0 Å². The molecule has 3 N–H and O–H groups in total. The standard InChI is InChI=1S/C19H25N3O2/c1-11(2)22-7-6-12(10-22)20-19-13-4-3-5-15(13)21-16-9-18(24)17(23)8-14(16)19/h8-9,11-12,23-24H,3-7,10H2,1-2H3,(H,20,21). The van der Waals surface area contributed by atoms with Crippen LogP contribution in [-0.4, -0.2) is 45.3 Å². The highest BCUT2D eigenvalue weighted by Gasteiger charge is 2.27. The number of rotatable bonds is 3. The number of likely N-dealkylation sites (tertiary alicyclic amines) is 1. The van der Waals surface area contributed by atoms with E-state index in [9.17, 15) is 10.2 Å². The first-order valence-electron chi connectivity index (χ1n) is 8.91. The summed E-state index contributed by atoms with van der Waals surface area (Å²) in [6, 6.07) is 4.20. The summed E-state index contributed by atoms with van der Waals surface area (Å²) in [4.78, 5) is 7.21. The predicted molar refractivity (Wildman–Crippen MR) is 95.8 cm³/mol. The van der Waals surface area contributed by atoms with Crippen molar-refractivity contribution in [2.24, 2.45) is 0 Å². The van der Waals surface area contributed by atoms with Crippen LogP contribution < -0.4 is 5.32 Å². The molecule has 2 heterocycles. The summed E-state index contributed by atoms with van der Waals surface area (Å²) in [6.07, 6.45) is 4.27. The van der Waals surface area contributed by atoms with E-state index in [1.54, 1.807) is 12.1 Å². The van der Waals surface area contributed by atoms with Gasteiger partial charge in [-0.25, -0.2) is 0 Å². The third kappa shape index (κ3) is 2.57. The van der Waals surface area contributed by atoms with E-state index in [0.29, 0.717) is 12.1 Å². The Morgan fingerprint density at radius 2 is 2.00 bits per heavy atom. The molecule has 2 aliphatic rings. The second kappa shape index (κ2) is 5.81. The molecule has 128 valence electrons. The topological polar surface area (TPSA) is 68.6 Å². The Morgan fingerprint density at radius 1 is 1.21 bits per heavy atom. The smallest absolute Gasteiger partial charge is 0.159 e. The maximum absolute atomic E-state index is 9.95. The highest BCUT2D eigenvalue weighted by molar-refractivity contribution is 5.96. The normalized spacial score (nSPS) is 20.9. The Kier molecular flexibility index (Phi) is 3.76. The summed E-state index contributed by atoms with van der Waals surface area (Å²) in [6.45, 7) is 6.64. The molecule has 2 aromatic rings. The van der Waals surface area contributed by atoms with Gasteiger partial charge in [0.25, 0.3) is 0 Å². The van der Waals surface area contributed by atoms with Crippen molar-refractivity contribution in [3.8, 4) is 11.5 Å². The molecule has 1 fully saturated rings. The van der Waals surface area contributed by atoms with E-state index < -0.39 is 0 Å². The van der Waals surface area contributed by atoms with E-state index in [-0.39, 0.29) is 11.5 Å². The molecule has 0 bridgehead atoms. The Bertz CT molecular complexity index is 788. The van der Waals surface area contributed by atoms with Crippen molar-refractivity contribution in [3.05, 3.63) is 23.4 Å². The molecule has 0 spiro atoms. The molecule has 1 aromatic carbocycles. The Hall–Kier alpha value is -2.01. The molecule has 1 aliphatic carbocycles. The quantitative estimate of drug-likeness (QED) is 0.756. The first-order chi connectivity index (χ1) is 11.5. The van der Waals surface area contributed by atoms with Crippen LogP contribution in [0.4, 0.5) is 5.69 Å². The number of fused-ring (bicyclic) bond motifs is 2. The van der Waals surface area contributed by atoms with Crippen LogP contribution in [0.25, 0.3) is 10.9 Å².